The molecule has 0 saturated heterocycles. The lowest BCUT2D eigenvalue weighted by Gasteiger charge is -2.11. The lowest BCUT2D eigenvalue weighted by Crippen LogP contribution is -2.12. The molecule has 30 heavy (non-hydrogen) atoms. The third-order valence-corrected chi connectivity index (χ3v) is 5.58. The Balaban J connectivity index is 1.54. The summed E-state index contributed by atoms with van der Waals surface area (Å²) in [5.41, 5.74) is 2.55. The Kier molecular flexibility index (Phi) is 7.45. The molecular weight excluding hydrogens is 400 g/mol. The molecule has 0 saturated carbocycles. The van der Waals surface area contributed by atoms with Gasteiger partial charge in [-0.1, -0.05) is 53.7 Å². The topological polar surface area (TPSA) is 77.0 Å². The Morgan fingerprint density at radius 3 is 2.47 bits per heavy atom. The van der Waals surface area contributed by atoms with Crippen molar-refractivity contribution in [3.05, 3.63) is 90.0 Å². The highest BCUT2D eigenvalue weighted by atomic mass is 32.2. The maximum Gasteiger partial charge on any atom is 0.261 e. The summed E-state index contributed by atoms with van der Waals surface area (Å²) in [4.78, 5) is 5.17. The van der Waals surface area contributed by atoms with Gasteiger partial charge in [0, 0.05) is 12.5 Å². The van der Waals surface area contributed by atoms with Gasteiger partial charge in [-0.2, -0.15) is 0 Å². The van der Waals surface area contributed by atoms with Gasteiger partial charge >= 0.3 is 0 Å². The molecule has 6 nitrogen and oxygen atoms in total. The molecule has 0 fully saturated rings. The zero-order valence-corrected chi connectivity index (χ0v) is 17.5. The molecule has 0 amide bonds. The van der Waals surface area contributed by atoms with Crippen LogP contribution in [0.3, 0.4) is 0 Å². The maximum absolute atomic E-state index is 12.5. The van der Waals surface area contributed by atoms with E-state index < -0.39 is 10.0 Å². The number of nitrogens with zero attached hydrogens (tertiary/aromatic N) is 1. The van der Waals surface area contributed by atoms with Crippen LogP contribution in [-0.2, 0) is 21.3 Å². The highest BCUT2D eigenvalue weighted by Crippen LogP contribution is 2.21. The molecule has 0 radical (unpaired) electrons. The molecule has 0 heterocycles. The van der Waals surface area contributed by atoms with Gasteiger partial charge in [0.05, 0.1) is 23.4 Å². The van der Waals surface area contributed by atoms with E-state index in [1.165, 1.54) is 0 Å². The highest BCUT2D eigenvalue weighted by Gasteiger charge is 2.13. The van der Waals surface area contributed by atoms with E-state index in [1.807, 2.05) is 31.2 Å². The Labute approximate surface area is 177 Å². The Hall–Kier alpha value is -3.32. The number of benzene rings is 3. The molecule has 3 aromatic rings. The van der Waals surface area contributed by atoms with Gasteiger partial charge in [0.15, 0.2) is 0 Å². The average molecular weight is 425 g/mol. The summed E-state index contributed by atoms with van der Waals surface area (Å²) < 4.78 is 33.3. The van der Waals surface area contributed by atoms with Gasteiger partial charge < -0.3 is 9.57 Å². The van der Waals surface area contributed by atoms with E-state index >= 15 is 0 Å². The SMILES string of the molecule is CCON=Cc1ccc(CCOc2cccc(NS(=O)(=O)c3ccccc3)c2)cc1. The predicted molar refractivity (Wildman–Crippen MR) is 119 cm³/mol. The first kappa shape index (κ1) is 21.4. The van der Waals surface area contributed by atoms with Gasteiger partial charge in [-0.3, -0.25) is 4.72 Å². The summed E-state index contributed by atoms with van der Waals surface area (Å²) in [6.45, 7) is 2.90. The number of anilines is 1. The fourth-order valence-electron chi connectivity index (χ4n) is 2.69. The van der Waals surface area contributed by atoms with Crippen molar-refractivity contribution >= 4 is 21.9 Å². The van der Waals surface area contributed by atoms with Crippen LogP contribution in [0.5, 0.6) is 5.75 Å². The van der Waals surface area contributed by atoms with Crippen molar-refractivity contribution in [2.75, 3.05) is 17.9 Å². The number of rotatable bonds is 10. The molecule has 0 atom stereocenters. The second-order valence-electron chi connectivity index (χ2n) is 6.44. The van der Waals surface area contributed by atoms with Crippen molar-refractivity contribution in [2.24, 2.45) is 5.16 Å². The molecule has 0 bridgehead atoms. The van der Waals surface area contributed by atoms with E-state index in [0.717, 1.165) is 17.5 Å². The van der Waals surface area contributed by atoms with Gasteiger partial charge in [0.2, 0.25) is 0 Å². The third-order valence-electron chi connectivity index (χ3n) is 4.18. The van der Waals surface area contributed by atoms with E-state index in [2.05, 4.69) is 9.88 Å². The first-order chi connectivity index (χ1) is 14.6. The van der Waals surface area contributed by atoms with Crippen LogP contribution in [0.2, 0.25) is 0 Å². The quantitative estimate of drug-likeness (QED) is 0.385. The van der Waals surface area contributed by atoms with E-state index in [-0.39, 0.29) is 4.90 Å². The molecule has 1 N–H and O–H groups in total. The number of oxime groups is 1. The van der Waals surface area contributed by atoms with E-state index in [1.54, 1.807) is 60.8 Å². The van der Waals surface area contributed by atoms with Gasteiger partial charge in [0.25, 0.3) is 10.0 Å². The number of hydrogen-bond acceptors (Lipinski definition) is 5. The number of nitrogens with one attached hydrogen (secondary N) is 1. The van der Waals surface area contributed by atoms with E-state index in [0.29, 0.717) is 24.7 Å². The van der Waals surface area contributed by atoms with Crippen LogP contribution in [0.25, 0.3) is 0 Å². The minimum absolute atomic E-state index is 0.214. The van der Waals surface area contributed by atoms with Crippen molar-refractivity contribution < 1.29 is 18.0 Å². The van der Waals surface area contributed by atoms with Crippen molar-refractivity contribution in [3.8, 4) is 5.75 Å². The van der Waals surface area contributed by atoms with Crippen LogP contribution in [0.1, 0.15) is 18.1 Å². The maximum atomic E-state index is 12.5. The van der Waals surface area contributed by atoms with E-state index in [4.69, 9.17) is 9.57 Å². The normalized spacial score (nSPS) is 11.4. The van der Waals surface area contributed by atoms with Crippen molar-refractivity contribution in [1.29, 1.82) is 0 Å². The lowest BCUT2D eigenvalue weighted by atomic mass is 10.1. The number of sulfonamides is 1. The summed E-state index contributed by atoms with van der Waals surface area (Å²) in [7, 11) is -3.63. The third kappa shape index (κ3) is 6.35. The van der Waals surface area contributed by atoms with Crippen LogP contribution in [-0.4, -0.2) is 27.8 Å². The fraction of sp³-hybridized carbons (Fsp3) is 0.174. The second kappa shape index (κ2) is 10.5. The monoisotopic (exact) mass is 424 g/mol. The Morgan fingerprint density at radius 1 is 0.967 bits per heavy atom. The summed E-state index contributed by atoms with van der Waals surface area (Å²) in [5.74, 6) is 0.601. The van der Waals surface area contributed by atoms with Crippen molar-refractivity contribution in [2.45, 2.75) is 18.2 Å². The smallest absolute Gasteiger partial charge is 0.261 e. The molecule has 156 valence electrons. The van der Waals surface area contributed by atoms with Crippen LogP contribution in [0, 0.1) is 0 Å². The highest BCUT2D eigenvalue weighted by molar-refractivity contribution is 7.92. The van der Waals surface area contributed by atoms with Crippen molar-refractivity contribution in [3.63, 3.8) is 0 Å². The first-order valence-electron chi connectivity index (χ1n) is 9.62. The van der Waals surface area contributed by atoms with Gasteiger partial charge in [0.1, 0.15) is 12.4 Å². The van der Waals surface area contributed by atoms with Crippen LogP contribution in [0.15, 0.2) is 88.9 Å². The summed E-state index contributed by atoms with van der Waals surface area (Å²) in [6.07, 6.45) is 2.40. The van der Waals surface area contributed by atoms with E-state index in [9.17, 15) is 8.42 Å². The van der Waals surface area contributed by atoms with Gasteiger partial charge in [-0.15, -0.1) is 0 Å². The largest absolute Gasteiger partial charge is 0.493 e. The summed E-state index contributed by atoms with van der Waals surface area (Å²) >= 11 is 0. The molecule has 0 spiro atoms. The molecule has 3 aromatic carbocycles. The molecule has 0 unspecified atom stereocenters. The molecule has 3 rings (SSSR count). The fourth-order valence-corrected chi connectivity index (χ4v) is 3.76. The van der Waals surface area contributed by atoms with Gasteiger partial charge in [-0.05, 0) is 42.3 Å². The zero-order chi connectivity index (χ0) is 21.2. The molecule has 0 aromatic heterocycles. The summed E-state index contributed by atoms with van der Waals surface area (Å²) in [5, 5.41) is 3.85. The number of ether oxygens (including phenoxy) is 1. The Morgan fingerprint density at radius 2 is 1.73 bits per heavy atom. The standard InChI is InChI=1S/C23H24N2O4S/c1-2-29-24-18-20-13-11-19(12-14-20)15-16-28-22-8-6-7-21(17-22)25-30(26,27)23-9-4-3-5-10-23/h3-14,17-18,25H,2,15-16H2,1H3. The minimum Gasteiger partial charge on any atom is -0.493 e. The molecular formula is C23H24N2O4S. The van der Waals surface area contributed by atoms with Crippen LogP contribution >= 0.6 is 0 Å². The predicted octanol–water partition coefficient (Wildman–Crippen LogP) is 4.48. The summed E-state index contributed by atoms with van der Waals surface area (Å²) in [6, 6.07) is 23.1. The number of hydrogen-bond donors (Lipinski definition) is 1. The molecule has 0 aliphatic rings. The van der Waals surface area contributed by atoms with Gasteiger partial charge in [-0.25, -0.2) is 8.42 Å². The lowest BCUT2D eigenvalue weighted by molar-refractivity contribution is 0.160. The molecule has 7 heteroatoms. The molecule has 0 aliphatic heterocycles. The average Bonchev–Trinajstić information content (AvgIpc) is 2.76. The molecule has 0 aliphatic carbocycles. The van der Waals surface area contributed by atoms with Crippen LogP contribution < -0.4 is 9.46 Å². The first-order valence-corrected chi connectivity index (χ1v) is 11.1. The second-order valence-corrected chi connectivity index (χ2v) is 8.12. The zero-order valence-electron chi connectivity index (χ0n) is 16.7. The van der Waals surface area contributed by atoms with Crippen LogP contribution in [0.4, 0.5) is 5.69 Å². The Bertz CT molecular complexity index is 1070. The minimum atomic E-state index is -3.63. The van der Waals surface area contributed by atoms with Crippen molar-refractivity contribution in [1.82, 2.24) is 0 Å².